The Balaban J connectivity index is 7.08. The van der Waals surface area contributed by atoms with Crippen molar-refractivity contribution in [1.82, 2.24) is 0 Å². The van der Waals surface area contributed by atoms with Gasteiger partial charge in [0.2, 0.25) is 9.76 Å². The van der Waals surface area contributed by atoms with Crippen molar-refractivity contribution in [2.24, 2.45) is 0 Å². The van der Waals surface area contributed by atoms with Crippen LogP contribution in [-0.4, -0.2) is 88.1 Å². The fraction of sp³-hybridized carbons (Fsp3) is 0.875. The topological polar surface area (TPSA) is 72.5 Å². The second-order valence-corrected chi connectivity index (χ2v) is 35.3. The zero-order valence-corrected chi connectivity index (χ0v) is 34.8. The number of halogens is 7. The first-order valence-corrected chi connectivity index (χ1v) is 30.8. The van der Waals surface area contributed by atoms with Crippen LogP contribution in [0.5, 0.6) is 0 Å². The molecular weight excluding hydrogens is 702 g/mol. The lowest BCUT2D eigenvalue weighted by Gasteiger charge is -2.46. The first-order chi connectivity index (χ1) is 19.2. The summed E-state index contributed by atoms with van der Waals surface area (Å²) in [6.07, 6.45) is -11.6. The molecule has 0 aliphatic rings. The van der Waals surface area contributed by atoms with Gasteiger partial charge in [-0.25, -0.2) is 4.79 Å². The summed E-state index contributed by atoms with van der Waals surface area (Å²) in [6.45, 7) is 27.3. The van der Waals surface area contributed by atoms with Crippen molar-refractivity contribution in [3.8, 4) is 0 Å². The van der Waals surface area contributed by atoms with Gasteiger partial charge < -0.3 is 25.9 Å². The van der Waals surface area contributed by atoms with Crippen LogP contribution >= 0.6 is 0 Å². The smallest absolute Gasteiger partial charge is 0.459 e. The molecule has 0 aromatic carbocycles. The first-order valence-electron chi connectivity index (χ1n) is 14.3. The minimum atomic E-state index is -6.49. The molecule has 0 N–H and O–H groups in total. The minimum Gasteiger partial charge on any atom is -0.459 e. The van der Waals surface area contributed by atoms with Crippen molar-refractivity contribution < 1.29 is 61.5 Å². The molecule has 2 atom stereocenters. The van der Waals surface area contributed by atoms with E-state index >= 15 is 0 Å². The van der Waals surface area contributed by atoms with Crippen LogP contribution in [0.4, 0.5) is 30.7 Å². The van der Waals surface area contributed by atoms with E-state index in [4.69, 9.17) is 25.9 Å². The van der Waals surface area contributed by atoms with Crippen LogP contribution < -0.4 is 0 Å². The van der Waals surface area contributed by atoms with Crippen molar-refractivity contribution >= 4 is 58.5 Å². The van der Waals surface area contributed by atoms with Crippen LogP contribution in [0.2, 0.25) is 78.6 Å². The quantitative estimate of drug-likeness (QED) is 0.0449. The Morgan fingerprint density at radius 1 is 0.841 bits per heavy atom. The lowest BCUT2D eigenvalue weighted by atomic mass is 10.0. The van der Waals surface area contributed by atoms with Gasteiger partial charge in [-0.3, -0.25) is 0 Å². The molecule has 20 heteroatoms. The summed E-state index contributed by atoms with van der Waals surface area (Å²) in [5.41, 5.74) is -1.84. The minimum absolute atomic E-state index is 0.132. The number of carbonyl (C=O) groups is 1. The third kappa shape index (κ3) is 15.6. The van der Waals surface area contributed by atoms with Crippen LogP contribution in [-0.2, 0) is 30.7 Å². The molecule has 0 aromatic rings. The van der Waals surface area contributed by atoms with E-state index in [1.165, 1.54) is 6.92 Å². The molecule has 2 unspecified atom stereocenters. The standard InChI is InChI=1S/C24H51F7O7Si6/c1-18(2)20(32)33-19(15-16-21(25,26)23(27,28)24(29,30)31)17-22(34-40(3)4,39-36-41(5,6)7)35-44(14,37-42(8,9)10)38-43(11,12)13/h19,40H,1,15-17,39H2,2-14H3. The van der Waals surface area contributed by atoms with E-state index < -0.39 is 107 Å². The van der Waals surface area contributed by atoms with Crippen molar-refractivity contribution in [3.05, 3.63) is 12.2 Å². The Hall–Kier alpha value is -0.179. The van der Waals surface area contributed by atoms with E-state index in [0.29, 0.717) is 0 Å². The maximum atomic E-state index is 14.4. The van der Waals surface area contributed by atoms with Gasteiger partial charge in [0.05, 0.1) is 0 Å². The van der Waals surface area contributed by atoms with Crippen LogP contribution in [0.1, 0.15) is 26.2 Å². The molecule has 0 bridgehead atoms. The SMILES string of the molecule is C=C(C)C(=O)OC(CCC(F)(F)C(F)(F)C(F)(F)F)CC(O[SiH](C)C)(O[Si](C)(O[Si](C)(C)C)O[Si](C)(C)C)[SiH2]O[Si](C)(C)C. The first kappa shape index (κ1) is 43.8. The molecule has 0 aliphatic heterocycles. The van der Waals surface area contributed by atoms with Gasteiger partial charge in [0.25, 0.3) is 0 Å². The van der Waals surface area contributed by atoms with Gasteiger partial charge in [-0.1, -0.05) is 6.58 Å². The van der Waals surface area contributed by atoms with Crippen LogP contribution in [0.15, 0.2) is 12.2 Å². The number of alkyl halides is 7. The Kier molecular flexibility index (Phi) is 15.3. The number of carbonyl (C=O) groups excluding carboxylic acids is 1. The molecule has 44 heavy (non-hydrogen) atoms. The van der Waals surface area contributed by atoms with Crippen LogP contribution in [0.3, 0.4) is 0 Å². The molecule has 7 nitrogen and oxygen atoms in total. The van der Waals surface area contributed by atoms with Gasteiger partial charge in [-0.15, -0.1) is 0 Å². The third-order valence-corrected chi connectivity index (χ3v) is 20.5. The molecular formula is C24H51F7O7Si6. The summed E-state index contributed by atoms with van der Waals surface area (Å²) in [6, 6.07) is 0. The third-order valence-electron chi connectivity index (χ3n) is 5.29. The van der Waals surface area contributed by atoms with Crippen LogP contribution in [0, 0.1) is 0 Å². The highest BCUT2D eigenvalue weighted by atomic mass is 28.5. The lowest BCUT2D eigenvalue weighted by Crippen LogP contribution is -2.63. The molecule has 262 valence electrons. The summed E-state index contributed by atoms with van der Waals surface area (Å²) >= 11 is 0. The number of hydrogen-bond donors (Lipinski definition) is 0. The van der Waals surface area contributed by atoms with Crippen molar-refractivity contribution in [1.29, 1.82) is 0 Å². The van der Waals surface area contributed by atoms with E-state index in [2.05, 4.69) is 6.58 Å². The molecule has 0 rings (SSSR count). The summed E-state index contributed by atoms with van der Waals surface area (Å²) < 4.78 is 133. The van der Waals surface area contributed by atoms with Crippen molar-refractivity contribution in [2.75, 3.05) is 0 Å². The molecule has 0 saturated carbocycles. The Morgan fingerprint density at radius 3 is 1.64 bits per heavy atom. The highest BCUT2D eigenvalue weighted by Gasteiger charge is 2.72. The molecule has 0 spiro atoms. The Labute approximate surface area is 266 Å². The van der Waals surface area contributed by atoms with Crippen molar-refractivity contribution in [3.63, 3.8) is 0 Å². The second kappa shape index (κ2) is 15.4. The van der Waals surface area contributed by atoms with Crippen LogP contribution in [0.25, 0.3) is 0 Å². The fourth-order valence-electron chi connectivity index (χ4n) is 4.01. The number of esters is 1. The molecule has 0 aromatic heterocycles. The van der Waals surface area contributed by atoms with Gasteiger partial charge >= 0.3 is 32.8 Å². The van der Waals surface area contributed by atoms with Crippen molar-refractivity contribution in [2.45, 2.75) is 134 Å². The van der Waals surface area contributed by atoms with Gasteiger partial charge in [0.1, 0.15) is 6.10 Å². The van der Waals surface area contributed by atoms with Gasteiger partial charge in [0.15, 0.2) is 39.4 Å². The highest BCUT2D eigenvalue weighted by molar-refractivity contribution is 6.85. The molecule has 0 aliphatic carbocycles. The summed E-state index contributed by atoms with van der Waals surface area (Å²) in [5, 5.41) is 0. The summed E-state index contributed by atoms with van der Waals surface area (Å²) in [4.78, 5) is 12.6. The summed E-state index contributed by atoms with van der Waals surface area (Å²) in [5.74, 6) is -12.8. The number of hydrogen-bond acceptors (Lipinski definition) is 7. The molecule has 0 heterocycles. The Morgan fingerprint density at radius 2 is 1.30 bits per heavy atom. The van der Waals surface area contributed by atoms with E-state index in [9.17, 15) is 35.5 Å². The predicted molar refractivity (Wildman–Crippen MR) is 172 cm³/mol. The second-order valence-electron chi connectivity index (χ2n) is 14.2. The lowest BCUT2D eigenvalue weighted by molar-refractivity contribution is -0.356. The van der Waals surface area contributed by atoms with E-state index in [-0.39, 0.29) is 5.57 Å². The van der Waals surface area contributed by atoms with Gasteiger partial charge in [0, 0.05) is 25.0 Å². The average Bonchev–Trinajstić information content (AvgIpc) is 2.71. The van der Waals surface area contributed by atoms with E-state index in [1.54, 1.807) is 6.55 Å². The van der Waals surface area contributed by atoms with E-state index in [0.717, 1.165) is 0 Å². The monoisotopic (exact) mass is 752 g/mol. The maximum Gasteiger partial charge on any atom is 0.478 e. The number of ether oxygens (including phenoxy) is 1. The normalized spacial score (nSPS) is 16.8. The summed E-state index contributed by atoms with van der Waals surface area (Å²) in [7, 11) is -14.7. The number of rotatable bonds is 19. The predicted octanol–water partition coefficient (Wildman–Crippen LogP) is 7.35. The zero-order valence-electron chi connectivity index (χ0n) is 28.2. The molecule has 0 amide bonds. The molecule has 0 saturated heterocycles. The highest BCUT2D eigenvalue weighted by Crippen LogP contribution is 2.49. The maximum absolute atomic E-state index is 14.4. The van der Waals surface area contributed by atoms with Gasteiger partial charge in [-0.05, 0) is 85.4 Å². The fourth-order valence-corrected chi connectivity index (χ4v) is 21.0. The molecule has 0 fully saturated rings. The average molecular weight is 753 g/mol. The van der Waals surface area contributed by atoms with E-state index in [1.807, 2.05) is 72.0 Å². The zero-order chi connectivity index (χ0) is 35.4. The van der Waals surface area contributed by atoms with Gasteiger partial charge in [-0.2, -0.15) is 30.7 Å². The Bertz CT molecular complexity index is 951. The molecule has 0 radical (unpaired) electrons. The largest absolute Gasteiger partial charge is 0.478 e.